The zero-order valence-electron chi connectivity index (χ0n) is 7.66. The molecular formula is C11H10N2O. The van der Waals surface area contributed by atoms with E-state index in [-0.39, 0.29) is 0 Å². The lowest BCUT2D eigenvalue weighted by molar-refractivity contribution is -0.604. The smallest absolute Gasteiger partial charge is 0.188 e. The van der Waals surface area contributed by atoms with E-state index in [9.17, 15) is 5.21 Å². The highest BCUT2D eigenvalue weighted by atomic mass is 16.5. The number of hydrogen-bond acceptors (Lipinski definition) is 2. The Morgan fingerprint density at radius 2 is 2.21 bits per heavy atom. The van der Waals surface area contributed by atoms with E-state index < -0.39 is 0 Å². The van der Waals surface area contributed by atoms with Crippen LogP contribution < -0.4 is 10.0 Å². The van der Waals surface area contributed by atoms with Gasteiger partial charge in [0.25, 0.3) is 0 Å². The molecule has 0 amide bonds. The highest BCUT2D eigenvalue weighted by Gasteiger charge is 2.14. The number of nitrogens with one attached hydrogen (secondary N) is 1. The normalized spacial score (nSPS) is 14.0. The van der Waals surface area contributed by atoms with Gasteiger partial charge in [-0.05, 0) is 18.6 Å². The maximum Gasteiger partial charge on any atom is 0.188 e. The van der Waals surface area contributed by atoms with E-state index in [1.54, 1.807) is 12.4 Å². The van der Waals surface area contributed by atoms with Gasteiger partial charge in [0.1, 0.15) is 0 Å². The van der Waals surface area contributed by atoms with Gasteiger partial charge < -0.3 is 10.5 Å². The molecule has 2 aromatic rings. The van der Waals surface area contributed by atoms with E-state index >= 15 is 0 Å². The zero-order chi connectivity index (χ0) is 9.54. The van der Waals surface area contributed by atoms with Crippen LogP contribution in [0.4, 0.5) is 5.69 Å². The standard InChI is InChI=1S/C11H10N2O/c14-13-6-8-2-1-3-10-11(8)9(7-13)4-5-12-10/h1-3,6-7,12H,4-5H2. The minimum Gasteiger partial charge on any atom is -0.619 e. The summed E-state index contributed by atoms with van der Waals surface area (Å²) in [5, 5.41) is 16.8. The number of pyridine rings is 1. The first kappa shape index (κ1) is 7.62. The highest BCUT2D eigenvalue weighted by Crippen LogP contribution is 2.28. The first-order valence-electron chi connectivity index (χ1n) is 4.73. The topological polar surface area (TPSA) is 39.0 Å². The summed E-state index contributed by atoms with van der Waals surface area (Å²) in [5.74, 6) is 0. The third-order valence-corrected chi connectivity index (χ3v) is 2.68. The van der Waals surface area contributed by atoms with Crippen LogP contribution in [-0.4, -0.2) is 6.54 Å². The highest BCUT2D eigenvalue weighted by molar-refractivity contribution is 5.96. The van der Waals surface area contributed by atoms with Gasteiger partial charge in [-0.3, -0.25) is 0 Å². The van der Waals surface area contributed by atoms with E-state index in [1.807, 2.05) is 12.1 Å². The predicted octanol–water partition coefficient (Wildman–Crippen LogP) is 1.44. The molecule has 0 radical (unpaired) electrons. The molecule has 2 heterocycles. The van der Waals surface area contributed by atoms with Crippen molar-refractivity contribution in [3.63, 3.8) is 0 Å². The van der Waals surface area contributed by atoms with Gasteiger partial charge in [-0.15, -0.1) is 0 Å². The van der Waals surface area contributed by atoms with Crippen molar-refractivity contribution in [3.8, 4) is 0 Å². The second-order valence-electron chi connectivity index (χ2n) is 3.59. The van der Waals surface area contributed by atoms with Crippen LogP contribution >= 0.6 is 0 Å². The summed E-state index contributed by atoms with van der Waals surface area (Å²) in [5.41, 5.74) is 2.29. The lowest BCUT2D eigenvalue weighted by Crippen LogP contribution is -2.27. The van der Waals surface area contributed by atoms with Gasteiger partial charge in [0.2, 0.25) is 0 Å². The van der Waals surface area contributed by atoms with Gasteiger partial charge in [-0.25, -0.2) is 0 Å². The summed E-state index contributed by atoms with van der Waals surface area (Å²) in [6.07, 6.45) is 4.22. The molecule has 3 rings (SSSR count). The molecule has 0 saturated heterocycles. The van der Waals surface area contributed by atoms with Gasteiger partial charge in [0.05, 0.1) is 0 Å². The molecule has 1 aromatic heterocycles. The van der Waals surface area contributed by atoms with Crippen LogP contribution in [0.3, 0.4) is 0 Å². The van der Waals surface area contributed by atoms with Gasteiger partial charge in [-0.1, -0.05) is 6.07 Å². The van der Waals surface area contributed by atoms with Gasteiger partial charge in [-0.2, -0.15) is 4.73 Å². The van der Waals surface area contributed by atoms with Crippen LogP contribution in [-0.2, 0) is 6.42 Å². The number of anilines is 1. The molecular weight excluding hydrogens is 176 g/mol. The van der Waals surface area contributed by atoms with Crippen LogP contribution in [0.25, 0.3) is 10.8 Å². The fraction of sp³-hybridized carbons (Fsp3) is 0.182. The molecule has 0 saturated carbocycles. The third-order valence-electron chi connectivity index (χ3n) is 2.68. The van der Waals surface area contributed by atoms with Crippen LogP contribution in [0.1, 0.15) is 5.56 Å². The van der Waals surface area contributed by atoms with Crippen LogP contribution in [0.15, 0.2) is 30.6 Å². The second-order valence-corrected chi connectivity index (χ2v) is 3.59. The Kier molecular flexibility index (Phi) is 1.42. The van der Waals surface area contributed by atoms with Gasteiger partial charge >= 0.3 is 0 Å². The summed E-state index contributed by atoms with van der Waals surface area (Å²) < 4.78 is 0.896. The Bertz CT molecular complexity index is 508. The Morgan fingerprint density at radius 3 is 3.14 bits per heavy atom. The average molecular weight is 186 g/mol. The average Bonchev–Trinajstić information content (AvgIpc) is 2.18. The fourth-order valence-electron chi connectivity index (χ4n) is 2.10. The lowest BCUT2D eigenvalue weighted by Gasteiger charge is -2.17. The Balaban J connectivity index is 2.48. The van der Waals surface area contributed by atoms with Crippen molar-refractivity contribution < 1.29 is 4.73 Å². The summed E-state index contributed by atoms with van der Waals surface area (Å²) in [7, 11) is 0. The molecule has 1 aromatic carbocycles. The molecule has 0 bridgehead atoms. The molecule has 1 aliphatic heterocycles. The molecule has 14 heavy (non-hydrogen) atoms. The molecule has 1 N–H and O–H groups in total. The van der Waals surface area contributed by atoms with E-state index in [0.717, 1.165) is 34.3 Å². The minimum atomic E-state index is 0.896. The monoisotopic (exact) mass is 186 g/mol. The SMILES string of the molecule is [O-][n+]1cc2c3c(cccc3c1)NCC2. The number of aromatic nitrogens is 1. The Morgan fingerprint density at radius 1 is 1.29 bits per heavy atom. The molecule has 0 spiro atoms. The number of rotatable bonds is 0. The largest absolute Gasteiger partial charge is 0.619 e. The molecule has 3 heteroatoms. The van der Waals surface area contributed by atoms with Gasteiger partial charge in [0.15, 0.2) is 12.4 Å². The predicted molar refractivity (Wildman–Crippen MR) is 55.1 cm³/mol. The molecule has 1 aliphatic rings. The van der Waals surface area contributed by atoms with Crippen LogP contribution in [0.2, 0.25) is 0 Å². The van der Waals surface area contributed by atoms with Crippen molar-refractivity contribution in [2.24, 2.45) is 0 Å². The molecule has 0 atom stereocenters. The number of benzene rings is 1. The van der Waals surface area contributed by atoms with Crippen LogP contribution in [0.5, 0.6) is 0 Å². The lowest BCUT2D eigenvalue weighted by atomic mass is 10.0. The minimum absolute atomic E-state index is 0.896. The molecule has 0 aliphatic carbocycles. The second kappa shape index (κ2) is 2.61. The summed E-state index contributed by atoms with van der Waals surface area (Å²) in [6, 6.07) is 6.00. The van der Waals surface area contributed by atoms with Crippen LogP contribution in [0, 0.1) is 5.21 Å². The summed E-state index contributed by atoms with van der Waals surface area (Å²) in [4.78, 5) is 0. The van der Waals surface area contributed by atoms with E-state index in [2.05, 4.69) is 11.4 Å². The first-order chi connectivity index (χ1) is 6.84. The van der Waals surface area contributed by atoms with E-state index in [1.165, 1.54) is 5.39 Å². The Hall–Kier alpha value is -1.77. The molecule has 0 unspecified atom stereocenters. The van der Waals surface area contributed by atoms with Gasteiger partial charge in [0, 0.05) is 28.6 Å². The maximum atomic E-state index is 11.3. The van der Waals surface area contributed by atoms with Crippen molar-refractivity contribution in [3.05, 3.63) is 41.4 Å². The maximum absolute atomic E-state index is 11.3. The van der Waals surface area contributed by atoms with Crippen molar-refractivity contribution in [2.45, 2.75) is 6.42 Å². The number of nitrogens with zero attached hydrogens (tertiary/aromatic N) is 1. The third kappa shape index (κ3) is 0.954. The molecule has 3 nitrogen and oxygen atoms in total. The summed E-state index contributed by atoms with van der Waals surface area (Å²) in [6.45, 7) is 0.913. The van der Waals surface area contributed by atoms with E-state index in [0.29, 0.717) is 0 Å². The fourth-order valence-corrected chi connectivity index (χ4v) is 2.10. The summed E-state index contributed by atoms with van der Waals surface area (Å²) >= 11 is 0. The molecule has 70 valence electrons. The van der Waals surface area contributed by atoms with E-state index in [4.69, 9.17) is 0 Å². The Labute approximate surface area is 81.6 Å². The molecule has 0 fully saturated rings. The van der Waals surface area contributed by atoms with Crippen molar-refractivity contribution in [1.29, 1.82) is 0 Å². The zero-order valence-corrected chi connectivity index (χ0v) is 7.66. The first-order valence-corrected chi connectivity index (χ1v) is 4.73. The van der Waals surface area contributed by atoms with Crippen molar-refractivity contribution in [1.82, 2.24) is 0 Å². The quantitative estimate of drug-likeness (QED) is 0.499. The number of hydrogen-bond donors (Lipinski definition) is 1. The van der Waals surface area contributed by atoms with Crippen molar-refractivity contribution >= 4 is 16.5 Å². The van der Waals surface area contributed by atoms with Crippen molar-refractivity contribution in [2.75, 3.05) is 11.9 Å².